The highest BCUT2D eigenvalue weighted by molar-refractivity contribution is 5.92. The third-order valence-corrected chi connectivity index (χ3v) is 0.653. The average Bonchev–Trinajstić information content (AvgIpc) is 1.89. The van der Waals surface area contributed by atoms with Crippen LogP contribution in [-0.4, -0.2) is 12.5 Å². The molecule has 52 valence electrons. The first-order chi connectivity index (χ1) is 4.31. The molecule has 0 aliphatic rings. The van der Waals surface area contributed by atoms with Gasteiger partial charge in [0.1, 0.15) is 0 Å². The van der Waals surface area contributed by atoms with E-state index in [0.717, 1.165) is 0 Å². The fourth-order valence-corrected chi connectivity index (χ4v) is 0.252. The highest BCUT2D eigenvalue weighted by atomic mass is 19.2. The van der Waals surface area contributed by atoms with Gasteiger partial charge in [-0.25, -0.2) is 4.39 Å². The minimum absolute atomic E-state index is 0.205. The topological polar surface area (TPSA) is 24.4 Å². The van der Waals surface area contributed by atoms with Gasteiger partial charge in [-0.1, -0.05) is 9.70 Å². The lowest BCUT2D eigenvalue weighted by Crippen LogP contribution is -2.01. The molecule has 0 aliphatic carbocycles. The Labute approximate surface area is 52.2 Å². The van der Waals surface area contributed by atoms with Crippen molar-refractivity contribution in [1.82, 2.24) is 5.32 Å². The average molecular weight is 134 g/mol. The molecule has 4 heteroatoms. The van der Waals surface area contributed by atoms with Crippen molar-refractivity contribution < 1.29 is 8.87 Å². The van der Waals surface area contributed by atoms with Gasteiger partial charge >= 0.3 is 0 Å². The predicted octanol–water partition coefficient (Wildman–Crippen LogP) is 1.36. The normalized spacial score (nSPS) is 12.6. The number of halogens is 2. The zero-order chi connectivity index (χ0) is 7.11. The molecule has 0 radical (unpaired) electrons. The van der Waals surface area contributed by atoms with Gasteiger partial charge in [0.2, 0.25) is 0 Å². The first-order valence-electron chi connectivity index (χ1n) is 2.42. The standard InChI is InChI=1S/C5H8F2N2/c1-5(9-7)2-3-8-4-6/h2-3,8H,4H2,1H3/b3-2-,9-5-. The van der Waals surface area contributed by atoms with Crippen LogP contribution >= 0.6 is 0 Å². The fourth-order valence-electron chi connectivity index (χ4n) is 0.252. The van der Waals surface area contributed by atoms with Crippen molar-refractivity contribution in [3.8, 4) is 0 Å². The molecule has 0 aromatic heterocycles. The quantitative estimate of drug-likeness (QED) is 0.457. The van der Waals surface area contributed by atoms with Gasteiger partial charge in [0, 0.05) is 6.20 Å². The van der Waals surface area contributed by atoms with Crippen LogP contribution in [0.2, 0.25) is 0 Å². The van der Waals surface area contributed by atoms with Crippen LogP contribution in [0.3, 0.4) is 0 Å². The summed E-state index contributed by atoms with van der Waals surface area (Å²) in [5.41, 5.74) is 0.205. The molecule has 0 rings (SSSR count). The molecule has 0 saturated carbocycles. The molecule has 0 atom stereocenters. The summed E-state index contributed by atoms with van der Waals surface area (Å²) in [6.07, 6.45) is 2.62. The maximum absolute atomic E-state index is 11.3. The van der Waals surface area contributed by atoms with Crippen molar-refractivity contribution in [3.05, 3.63) is 12.3 Å². The van der Waals surface area contributed by atoms with Gasteiger partial charge in [0.05, 0.1) is 5.71 Å². The molecule has 0 fully saturated rings. The summed E-state index contributed by atoms with van der Waals surface area (Å²) < 4.78 is 22.5. The molecule has 0 bridgehead atoms. The zero-order valence-corrected chi connectivity index (χ0v) is 5.06. The number of rotatable bonds is 3. The number of hydrogen-bond donors (Lipinski definition) is 1. The van der Waals surface area contributed by atoms with Crippen LogP contribution in [-0.2, 0) is 0 Å². The summed E-state index contributed by atoms with van der Waals surface area (Å²) in [7, 11) is 0. The Bertz CT molecular complexity index is 120. The van der Waals surface area contributed by atoms with Crippen LogP contribution in [0.4, 0.5) is 8.87 Å². The van der Waals surface area contributed by atoms with Gasteiger partial charge in [-0.05, 0) is 13.0 Å². The first-order valence-corrected chi connectivity index (χ1v) is 2.42. The van der Waals surface area contributed by atoms with Gasteiger partial charge < -0.3 is 5.32 Å². The Balaban J connectivity index is 3.45. The molecule has 0 aromatic rings. The molecule has 0 amide bonds. The van der Waals surface area contributed by atoms with Crippen LogP contribution in [0.25, 0.3) is 0 Å². The van der Waals surface area contributed by atoms with E-state index in [-0.39, 0.29) is 5.71 Å². The summed E-state index contributed by atoms with van der Waals surface area (Å²) in [5.74, 6) is 0. The van der Waals surface area contributed by atoms with Gasteiger partial charge in [-0.2, -0.15) is 0 Å². The second-order valence-corrected chi connectivity index (χ2v) is 1.40. The fraction of sp³-hybridized carbons (Fsp3) is 0.400. The van der Waals surface area contributed by atoms with Crippen molar-refractivity contribution in [1.29, 1.82) is 0 Å². The molecule has 0 spiro atoms. The van der Waals surface area contributed by atoms with Crippen LogP contribution < -0.4 is 5.32 Å². The summed E-state index contributed by atoms with van der Waals surface area (Å²) >= 11 is 0. The van der Waals surface area contributed by atoms with Crippen molar-refractivity contribution in [3.63, 3.8) is 0 Å². The molecular weight excluding hydrogens is 126 g/mol. The Morgan fingerprint density at radius 2 is 2.44 bits per heavy atom. The van der Waals surface area contributed by atoms with E-state index in [4.69, 9.17) is 0 Å². The molecule has 2 nitrogen and oxygen atoms in total. The maximum atomic E-state index is 11.3. The second kappa shape index (κ2) is 5.21. The highest BCUT2D eigenvalue weighted by Gasteiger charge is 1.78. The molecule has 0 saturated heterocycles. The Hall–Kier alpha value is -0.930. The molecule has 9 heavy (non-hydrogen) atoms. The predicted molar refractivity (Wildman–Crippen MR) is 32.5 cm³/mol. The van der Waals surface area contributed by atoms with Gasteiger partial charge in [0.25, 0.3) is 0 Å². The van der Waals surface area contributed by atoms with Crippen LogP contribution in [0.15, 0.2) is 17.5 Å². The zero-order valence-electron chi connectivity index (χ0n) is 5.06. The summed E-state index contributed by atoms with van der Waals surface area (Å²) in [4.78, 5) is 0. The van der Waals surface area contributed by atoms with Gasteiger partial charge in [-0.15, -0.1) is 0 Å². The summed E-state index contributed by atoms with van der Waals surface area (Å²) in [5, 5.41) is 4.55. The Kier molecular flexibility index (Phi) is 4.67. The largest absolute Gasteiger partial charge is 0.365 e. The summed E-state index contributed by atoms with van der Waals surface area (Å²) in [6.45, 7) is 0.812. The van der Waals surface area contributed by atoms with E-state index in [1.165, 1.54) is 19.2 Å². The van der Waals surface area contributed by atoms with E-state index >= 15 is 0 Å². The van der Waals surface area contributed by atoms with E-state index in [0.29, 0.717) is 0 Å². The SMILES string of the molecule is CC(/C=C\NCF)=N/F. The van der Waals surface area contributed by atoms with E-state index in [1.54, 1.807) is 0 Å². The number of nitrogens with one attached hydrogen (secondary N) is 1. The van der Waals surface area contributed by atoms with E-state index in [1.807, 2.05) is 0 Å². The summed E-state index contributed by atoms with van der Waals surface area (Å²) in [6, 6.07) is 0. The van der Waals surface area contributed by atoms with Gasteiger partial charge in [0.15, 0.2) is 6.80 Å². The molecular formula is C5H8F2N2. The molecule has 0 unspecified atom stereocenters. The number of hydrogen-bond acceptors (Lipinski definition) is 2. The van der Waals surface area contributed by atoms with Crippen LogP contribution in [0.1, 0.15) is 6.92 Å². The first kappa shape index (κ1) is 8.07. The molecule has 0 heterocycles. The minimum atomic E-state index is -0.657. The lowest BCUT2D eigenvalue weighted by Gasteiger charge is -1.86. The van der Waals surface area contributed by atoms with E-state index in [2.05, 4.69) is 10.5 Å². The Morgan fingerprint density at radius 1 is 1.78 bits per heavy atom. The third-order valence-electron chi connectivity index (χ3n) is 0.653. The number of alkyl halides is 1. The van der Waals surface area contributed by atoms with E-state index in [9.17, 15) is 8.87 Å². The Morgan fingerprint density at radius 3 is 2.89 bits per heavy atom. The highest BCUT2D eigenvalue weighted by Crippen LogP contribution is 1.79. The van der Waals surface area contributed by atoms with Crippen molar-refractivity contribution in [2.45, 2.75) is 6.92 Å². The molecule has 0 aliphatic heterocycles. The van der Waals surface area contributed by atoms with Crippen LogP contribution in [0.5, 0.6) is 0 Å². The lowest BCUT2D eigenvalue weighted by atomic mass is 10.4. The smallest absolute Gasteiger partial charge is 0.159 e. The lowest BCUT2D eigenvalue weighted by molar-refractivity contribution is 0.465. The van der Waals surface area contributed by atoms with Crippen molar-refractivity contribution >= 4 is 5.71 Å². The van der Waals surface area contributed by atoms with Crippen LogP contribution in [0, 0.1) is 0 Å². The third kappa shape index (κ3) is 4.93. The monoisotopic (exact) mass is 134 g/mol. The van der Waals surface area contributed by atoms with Crippen molar-refractivity contribution in [2.75, 3.05) is 6.80 Å². The molecule has 0 aromatic carbocycles. The van der Waals surface area contributed by atoms with Crippen molar-refractivity contribution in [2.24, 2.45) is 5.21 Å². The maximum Gasteiger partial charge on any atom is 0.159 e. The number of allylic oxidation sites excluding steroid dienone is 1. The van der Waals surface area contributed by atoms with E-state index < -0.39 is 6.80 Å². The second-order valence-electron chi connectivity index (χ2n) is 1.40. The minimum Gasteiger partial charge on any atom is -0.365 e. The van der Waals surface area contributed by atoms with Gasteiger partial charge in [-0.3, -0.25) is 0 Å². The molecule has 1 N–H and O–H groups in total. The number of nitrogens with zero attached hydrogens (tertiary/aromatic N) is 1.